The number of carbonyl (C=O) groups is 3. The Morgan fingerprint density at radius 2 is 1.87 bits per heavy atom. The first-order valence-electron chi connectivity index (χ1n) is 10.1. The van der Waals surface area contributed by atoms with Crippen molar-refractivity contribution in [1.29, 1.82) is 0 Å². The van der Waals surface area contributed by atoms with Gasteiger partial charge in [-0.3, -0.25) is 19.3 Å². The summed E-state index contributed by atoms with van der Waals surface area (Å²) >= 11 is 0. The quantitative estimate of drug-likeness (QED) is 0.501. The summed E-state index contributed by atoms with van der Waals surface area (Å²) in [5, 5.41) is 12.4. The summed E-state index contributed by atoms with van der Waals surface area (Å²) in [6.07, 6.45) is 1.98. The molecule has 0 spiro atoms. The van der Waals surface area contributed by atoms with E-state index in [-0.39, 0.29) is 61.6 Å². The number of carbonyl (C=O) groups excluding carboxylic acids is 2. The average Bonchev–Trinajstić information content (AvgIpc) is 3.06. The molecule has 2 amide bonds. The Hall–Kier alpha value is -2.59. The maximum atomic E-state index is 13.6. The molecule has 0 aromatic heterocycles. The van der Waals surface area contributed by atoms with Gasteiger partial charge in [0.1, 0.15) is 6.61 Å². The van der Waals surface area contributed by atoms with Crippen LogP contribution in [0.3, 0.4) is 0 Å². The van der Waals surface area contributed by atoms with Gasteiger partial charge in [0, 0.05) is 37.2 Å². The second kappa shape index (κ2) is 13.7. The first kappa shape index (κ1) is 26.4. The molecule has 0 bridgehead atoms. The molecule has 1 aliphatic rings. The largest absolute Gasteiger partial charge is 0.483 e. The molecular weight excluding hydrogens is 412 g/mol. The van der Waals surface area contributed by atoms with Crippen LogP contribution in [0.25, 0.3) is 0 Å². The first-order valence-corrected chi connectivity index (χ1v) is 10.1. The van der Waals surface area contributed by atoms with Crippen LogP contribution in [0.4, 0.5) is 8.78 Å². The third-order valence-corrected chi connectivity index (χ3v) is 5.00. The van der Waals surface area contributed by atoms with Crippen molar-refractivity contribution < 1.29 is 33.0 Å². The maximum absolute atomic E-state index is 13.6. The van der Waals surface area contributed by atoms with Gasteiger partial charge in [-0.05, 0) is 39.8 Å². The van der Waals surface area contributed by atoms with Gasteiger partial charge in [-0.15, -0.1) is 0 Å². The molecule has 174 valence electrons. The maximum Gasteiger partial charge on any atom is 0.290 e. The van der Waals surface area contributed by atoms with Gasteiger partial charge in [0.15, 0.2) is 11.6 Å². The highest BCUT2D eigenvalue weighted by molar-refractivity contribution is 5.77. The number of halogens is 2. The van der Waals surface area contributed by atoms with E-state index in [1.165, 1.54) is 12.1 Å². The summed E-state index contributed by atoms with van der Waals surface area (Å²) in [5.74, 6) is -2.22. The second-order valence-corrected chi connectivity index (χ2v) is 7.51. The molecule has 2 rings (SSSR count). The van der Waals surface area contributed by atoms with Gasteiger partial charge in [0.05, 0.1) is 6.10 Å². The summed E-state index contributed by atoms with van der Waals surface area (Å²) < 4.78 is 32.1. The lowest BCUT2D eigenvalue weighted by Crippen LogP contribution is -2.43. The minimum Gasteiger partial charge on any atom is -0.483 e. The van der Waals surface area contributed by atoms with E-state index >= 15 is 0 Å². The zero-order valence-electron chi connectivity index (χ0n) is 18.1. The number of hydrogen-bond donors (Lipinski definition) is 3. The van der Waals surface area contributed by atoms with Crippen molar-refractivity contribution in [2.75, 3.05) is 20.2 Å². The number of rotatable bonds is 9. The Kier molecular flexibility index (Phi) is 11.7. The predicted octanol–water partition coefficient (Wildman–Crippen LogP) is 1.68. The van der Waals surface area contributed by atoms with E-state index in [1.807, 2.05) is 20.9 Å². The monoisotopic (exact) mass is 443 g/mol. The fourth-order valence-corrected chi connectivity index (χ4v) is 3.27. The number of carboxylic acid groups (broad SMARTS) is 1. The van der Waals surface area contributed by atoms with Gasteiger partial charge in [0.25, 0.3) is 6.47 Å². The van der Waals surface area contributed by atoms with Gasteiger partial charge in [0.2, 0.25) is 11.8 Å². The van der Waals surface area contributed by atoms with E-state index in [9.17, 15) is 18.4 Å². The van der Waals surface area contributed by atoms with Crippen LogP contribution >= 0.6 is 0 Å². The van der Waals surface area contributed by atoms with Crippen LogP contribution in [0, 0.1) is 11.6 Å². The van der Waals surface area contributed by atoms with Crippen LogP contribution < -0.4 is 10.6 Å². The number of nitrogens with one attached hydrogen (secondary N) is 2. The molecule has 1 aliphatic heterocycles. The molecule has 1 fully saturated rings. The average molecular weight is 443 g/mol. The van der Waals surface area contributed by atoms with Crippen LogP contribution in [0.2, 0.25) is 0 Å². The minimum atomic E-state index is -0.932. The number of nitrogens with zero attached hydrogens (tertiary/aromatic N) is 1. The summed E-state index contributed by atoms with van der Waals surface area (Å²) in [6, 6.07) is 4.10. The van der Waals surface area contributed by atoms with Crippen LogP contribution in [-0.4, -0.2) is 66.7 Å². The van der Waals surface area contributed by atoms with E-state index in [1.54, 1.807) is 0 Å². The van der Waals surface area contributed by atoms with Gasteiger partial charge >= 0.3 is 0 Å². The van der Waals surface area contributed by atoms with E-state index in [0.29, 0.717) is 6.54 Å². The smallest absolute Gasteiger partial charge is 0.290 e. The standard InChI is InChI=1S/C20H29F2N3O3.CH2O2/c1-13(2)28-12-19(27)24-11-16-8-7-15(25(16)3)9-18(26)23-10-14-5-4-6-17(21)20(14)22;2-1-3/h4-6,13,15-16H,7-12H2,1-3H3,(H,23,26)(H,24,27);1H,(H,2,3)/t15-,16+;/m1./s1. The fraction of sp³-hybridized carbons (Fsp3) is 0.571. The third kappa shape index (κ3) is 9.39. The number of hydrogen-bond acceptors (Lipinski definition) is 5. The Morgan fingerprint density at radius 3 is 2.52 bits per heavy atom. The molecule has 3 N–H and O–H groups in total. The Bertz CT molecular complexity index is 733. The molecule has 31 heavy (non-hydrogen) atoms. The zero-order valence-corrected chi connectivity index (χ0v) is 18.1. The first-order chi connectivity index (χ1) is 14.7. The Labute approximate surface area is 180 Å². The van der Waals surface area contributed by atoms with E-state index in [4.69, 9.17) is 14.6 Å². The topological polar surface area (TPSA) is 108 Å². The molecule has 0 saturated carbocycles. The lowest BCUT2D eigenvalue weighted by Gasteiger charge is -2.25. The summed E-state index contributed by atoms with van der Waals surface area (Å²) in [4.78, 5) is 34.4. The van der Waals surface area contributed by atoms with Crippen molar-refractivity contribution in [3.05, 3.63) is 35.4 Å². The van der Waals surface area contributed by atoms with Gasteiger partial charge in [-0.2, -0.15) is 0 Å². The number of likely N-dealkylation sites (N-methyl/N-ethyl adjacent to an activating group) is 1. The molecule has 1 saturated heterocycles. The SMILES string of the molecule is CC(C)OCC(=O)NC[C@@H]1CC[C@H](CC(=O)NCc2cccc(F)c2F)N1C.O=CO. The molecule has 1 heterocycles. The van der Waals surface area contributed by atoms with E-state index in [2.05, 4.69) is 15.5 Å². The number of ether oxygens (including phenoxy) is 1. The van der Waals surface area contributed by atoms with E-state index < -0.39 is 11.6 Å². The predicted molar refractivity (Wildman–Crippen MR) is 110 cm³/mol. The summed E-state index contributed by atoms with van der Waals surface area (Å²) in [5.41, 5.74) is 0.123. The molecular formula is C21H31F2N3O5. The zero-order chi connectivity index (χ0) is 23.4. The van der Waals surface area contributed by atoms with Crippen molar-refractivity contribution in [3.63, 3.8) is 0 Å². The highest BCUT2D eigenvalue weighted by atomic mass is 19.2. The normalized spacial score (nSPS) is 18.3. The highest BCUT2D eigenvalue weighted by Crippen LogP contribution is 2.24. The second-order valence-electron chi connectivity index (χ2n) is 7.51. The van der Waals surface area contributed by atoms with Crippen molar-refractivity contribution >= 4 is 18.3 Å². The third-order valence-electron chi connectivity index (χ3n) is 5.00. The Morgan fingerprint density at radius 1 is 1.23 bits per heavy atom. The molecule has 0 unspecified atom stereocenters. The van der Waals surface area contributed by atoms with Gasteiger partial charge in [-0.25, -0.2) is 8.78 Å². The lowest BCUT2D eigenvalue weighted by atomic mass is 10.1. The lowest BCUT2D eigenvalue weighted by molar-refractivity contribution is -0.127. The van der Waals surface area contributed by atoms with Crippen molar-refractivity contribution in [3.8, 4) is 0 Å². The van der Waals surface area contributed by atoms with Crippen molar-refractivity contribution in [1.82, 2.24) is 15.5 Å². The molecule has 1 aromatic rings. The molecule has 10 heteroatoms. The minimum absolute atomic E-state index is 0.00338. The fourth-order valence-electron chi connectivity index (χ4n) is 3.27. The molecule has 0 radical (unpaired) electrons. The highest BCUT2D eigenvalue weighted by Gasteiger charge is 2.31. The van der Waals surface area contributed by atoms with Crippen LogP contribution in [-0.2, 0) is 25.7 Å². The van der Waals surface area contributed by atoms with Gasteiger partial charge in [-0.1, -0.05) is 12.1 Å². The van der Waals surface area contributed by atoms with Crippen molar-refractivity contribution in [2.24, 2.45) is 0 Å². The number of benzene rings is 1. The van der Waals surface area contributed by atoms with Crippen LogP contribution in [0.1, 0.15) is 38.7 Å². The molecule has 2 atom stereocenters. The molecule has 8 nitrogen and oxygen atoms in total. The van der Waals surface area contributed by atoms with E-state index in [0.717, 1.165) is 18.9 Å². The number of amides is 2. The van der Waals surface area contributed by atoms with Crippen LogP contribution in [0.15, 0.2) is 18.2 Å². The van der Waals surface area contributed by atoms with Gasteiger partial charge < -0.3 is 20.5 Å². The Balaban J connectivity index is 0.00000151. The molecule has 1 aromatic carbocycles. The van der Waals surface area contributed by atoms with Crippen molar-refractivity contribution in [2.45, 2.75) is 57.8 Å². The van der Waals surface area contributed by atoms with Crippen LogP contribution in [0.5, 0.6) is 0 Å². The number of likely N-dealkylation sites (tertiary alicyclic amines) is 1. The molecule has 0 aliphatic carbocycles. The summed E-state index contributed by atoms with van der Waals surface area (Å²) in [7, 11) is 1.93. The summed E-state index contributed by atoms with van der Waals surface area (Å²) in [6.45, 7) is 3.99.